The number of rotatable bonds is 4. The van der Waals surface area contributed by atoms with Gasteiger partial charge in [0.25, 0.3) is 5.91 Å². The maximum absolute atomic E-state index is 12.7. The van der Waals surface area contributed by atoms with Crippen molar-refractivity contribution >= 4 is 21.8 Å². The molecule has 0 bridgehead atoms. The normalized spacial score (nSPS) is 18.6. The number of nitrogens with one attached hydrogen (secondary N) is 2. The Bertz CT molecular complexity index is 783. The molecule has 1 aromatic rings. The van der Waals surface area contributed by atoms with Crippen molar-refractivity contribution < 1.29 is 22.7 Å². The van der Waals surface area contributed by atoms with Gasteiger partial charge in [-0.05, 0) is 37.5 Å². The smallest absolute Gasteiger partial charge is 0.269 e. The molecule has 2 fully saturated rings. The van der Waals surface area contributed by atoms with E-state index in [2.05, 4.69) is 10.9 Å². The second-order valence-electron chi connectivity index (χ2n) is 6.21. The van der Waals surface area contributed by atoms with E-state index in [-0.39, 0.29) is 35.4 Å². The van der Waals surface area contributed by atoms with Crippen LogP contribution in [0.2, 0.25) is 0 Å². The van der Waals surface area contributed by atoms with Gasteiger partial charge in [-0.15, -0.1) is 0 Å². The third-order valence-corrected chi connectivity index (χ3v) is 6.20. The summed E-state index contributed by atoms with van der Waals surface area (Å²) >= 11 is 0. The largest absolute Gasteiger partial charge is 0.379 e. The molecule has 2 N–H and O–H groups in total. The van der Waals surface area contributed by atoms with Crippen molar-refractivity contribution in [2.24, 2.45) is 5.92 Å². The Balaban J connectivity index is 1.77. The highest BCUT2D eigenvalue weighted by atomic mass is 32.2. The van der Waals surface area contributed by atoms with Crippen LogP contribution in [0.4, 0.5) is 0 Å². The summed E-state index contributed by atoms with van der Waals surface area (Å²) < 4.78 is 31.9. The van der Waals surface area contributed by atoms with Crippen LogP contribution < -0.4 is 10.9 Å². The molecule has 0 spiro atoms. The minimum atomic E-state index is -3.68. The van der Waals surface area contributed by atoms with Crippen LogP contribution in [-0.2, 0) is 19.6 Å². The molecule has 1 heterocycles. The van der Waals surface area contributed by atoms with E-state index in [4.69, 9.17) is 4.74 Å². The van der Waals surface area contributed by atoms with Crippen molar-refractivity contribution in [3.05, 3.63) is 29.3 Å². The Morgan fingerprint density at radius 3 is 2.48 bits per heavy atom. The standard InChI is InChI=1S/C16H21N3O5S/c1-11-2-5-13(25(22,23)19-6-8-24-9-7-19)10-14(11)16(21)18-17-15(20)12-3-4-12/h2,5,10,12H,3-4,6-9H2,1H3,(H,17,20)(H,18,21). The van der Waals surface area contributed by atoms with E-state index >= 15 is 0 Å². The molecule has 1 aliphatic heterocycles. The van der Waals surface area contributed by atoms with Crippen LogP contribution >= 0.6 is 0 Å². The average Bonchev–Trinajstić information content (AvgIpc) is 3.45. The zero-order chi connectivity index (χ0) is 18.0. The fraction of sp³-hybridized carbons (Fsp3) is 0.500. The highest BCUT2D eigenvalue weighted by molar-refractivity contribution is 7.89. The van der Waals surface area contributed by atoms with Crippen LogP contribution in [0, 0.1) is 12.8 Å². The highest BCUT2D eigenvalue weighted by Gasteiger charge is 2.30. The van der Waals surface area contributed by atoms with Gasteiger partial charge >= 0.3 is 0 Å². The van der Waals surface area contributed by atoms with E-state index < -0.39 is 15.9 Å². The van der Waals surface area contributed by atoms with Gasteiger partial charge in [0.15, 0.2) is 0 Å². The Kier molecular flexibility index (Phi) is 5.07. The number of sulfonamides is 1. The summed E-state index contributed by atoms with van der Waals surface area (Å²) in [6.07, 6.45) is 1.65. The molecule has 0 atom stereocenters. The van der Waals surface area contributed by atoms with Crippen molar-refractivity contribution in [2.75, 3.05) is 26.3 Å². The Morgan fingerprint density at radius 2 is 1.84 bits per heavy atom. The molecule has 25 heavy (non-hydrogen) atoms. The van der Waals surface area contributed by atoms with Gasteiger partial charge in [0.2, 0.25) is 15.9 Å². The Labute approximate surface area is 146 Å². The fourth-order valence-corrected chi connectivity index (χ4v) is 4.01. The van der Waals surface area contributed by atoms with Crippen molar-refractivity contribution in [1.82, 2.24) is 15.2 Å². The molecule has 1 saturated heterocycles. The predicted octanol–water partition coefficient (Wildman–Crippen LogP) is 0.187. The van der Waals surface area contributed by atoms with Gasteiger partial charge in [-0.25, -0.2) is 8.42 Å². The number of carbonyl (C=O) groups excluding carboxylic acids is 2. The van der Waals surface area contributed by atoms with Gasteiger partial charge in [-0.3, -0.25) is 20.4 Å². The van der Waals surface area contributed by atoms with Crippen molar-refractivity contribution in [1.29, 1.82) is 0 Å². The summed E-state index contributed by atoms with van der Waals surface area (Å²) in [6, 6.07) is 4.42. The first-order valence-electron chi connectivity index (χ1n) is 8.18. The van der Waals surface area contributed by atoms with Crippen LogP contribution in [0.15, 0.2) is 23.1 Å². The van der Waals surface area contributed by atoms with Gasteiger partial charge in [0, 0.05) is 24.6 Å². The SMILES string of the molecule is Cc1ccc(S(=O)(=O)N2CCOCC2)cc1C(=O)NNC(=O)C1CC1. The number of aryl methyl sites for hydroxylation is 1. The van der Waals surface area contributed by atoms with E-state index in [0.717, 1.165) is 12.8 Å². The third-order valence-electron chi connectivity index (χ3n) is 4.31. The van der Waals surface area contributed by atoms with Crippen LogP contribution in [0.3, 0.4) is 0 Å². The second kappa shape index (κ2) is 7.11. The lowest BCUT2D eigenvalue weighted by atomic mass is 10.1. The van der Waals surface area contributed by atoms with E-state index in [1.54, 1.807) is 13.0 Å². The van der Waals surface area contributed by atoms with Crippen molar-refractivity contribution in [3.8, 4) is 0 Å². The van der Waals surface area contributed by atoms with E-state index in [9.17, 15) is 18.0 Å². The van der Waals surface area contributed by atoms with Gasteiger partial charge < -0.3 is 4.74 Å². The Morgan fingerprint density at radius 1 is 1.16 bits per heavy atom. The Hall–Kier alpha value is -1.97. The molecule has 1 saturated carbocycles. The van der Waals surface area contributed by atoms with Crippen LogP contribution in [0.5, 0.6) is 0 Å². The maximum Gasteiger partial charge on any atom is 0.269 e. The van der Waals surface area contributed by atoms with Crippen LogP contribution in [-0.4, -0.2) is 50.8 Å². The summed E-state index contributed by atoms with van der Waals surface area (Å²) in [5.41, 5.74) is 5.57. The zero-order valence-electron chi connectivity index (χ0n) is 13.9. The number of carbonyl (C=O) groups is 2. The minimum Gasteiger partial charge on any atom is -0.379 e. The first kappa shape index (κ1) is 17.8. The molecule has 1 aromatic carbocycles. The average molecular weight is 367 g/mol. The maximum atomic E-state index is 12.7. The number of nitrogens with zero attached hydrogens (tertiary/aromatic N) is 1. The van der Waals surface area contributed by atoms with E-state index in [1.807, 2.05) is 0 Å². The molecule has 8 nitrogen and oxygen atoms in total. The molecule has 136 valence electrons. The lowest BCUT2D eigenvalue weighted by molar-refractivity contribution is -0.123. The van der Waals surface area contributed by atoms with Crippen LogP contribution in [0.1, 0.15) is 28.8 Å². The topological polar surface area (TPSA) is 105 Å². The predicted molar refractivity (Wildman–Crippen MR) is 89.1 cm³/mol. The molecule has 2 aliphatic rings. The molecule has 3 rings (SSSR count). The molecule has 9 heteroatoms. The molecule has 0 radical (unpaired) electrons. The summed E-state index contributed by atoms with van der Waals surface area (Å²) in [7, 11) is -3.68. The lowest BCUT2D eigenvalue weighted by Crippen LogP contribution is -2.43. The molecular weight excluding hydrogens is 346 g/mol. The number of hydrogen-bond acceptors (Lipinski definition) is 5. The first-order chi connectivity index (χ1) is 11.9. The summed E-state index contributed by atoms with van der Waals surface area (Å²) in [6.45, 7) is 2.99. The zero-order valence-corrected chi connectivity index (χ0v) is 14.8. The van der Waals surface area contributed by atoms with E-state index in [1.165, 1.54) is 16.4 Å². The van der Waals surface area contributed by atoms with E-state index in [0.29, 0.717) is 18.8 Å². The number of benzene rings is 1. The summed E-state index contributed by atoms with van der Waals surface area (Å²) in [5.74, 6) is -0.789. The first-order valence-corrected chi connectivity index (χ1v) is 9.62. The third kappa shape index (κ3) is 4.00. The number of hydrogen-bond donors (Lipinski definition) is 2. The van der Waals surface area contributed by atoms with Crippen LogP contribution in [0.25, 0.3) is 0 Å². The summed E-state index contributed by atoms with van der Waals surface area (Å²) in [4.78, 5) is 24.0. The number of amides is 2. The quantitative estimate of drug-likeness (QED) is 0.739. The monoisotopic (exact) mass is 367 g/mol. The van der Waals surface area contributed by atoms with Gasteiger partial charge in [0.05, 0.1) is 18.1 Å². The second-order valence-corrected chi connectivity index (χ2v) is 8.15. The highest BCUT2D eigenvalue weighted by Crippen LogP contribution is 2.28. The number of morpholine rings is 1. The van der Waals surface area contributed by atoms with Gasteiger partial charge in [-0.2, -0.15) is 4.31 Å². The van der Waals surface area contributed by atoms with Gasteiger partial charge in [0.1, 0.15) is 0 Å². The number of hydrazine groups is 1. The molecular formula is C16H21N3O5S. The van der Waals surface area contributed by atoms with Crippen molar-refractivity contribution in [3.63, 3.8) is 0 Å². The molecule has 2 amide bonds. The minimum absolute atomic E-state index is 0.0329. The van der Waals surface area contributed by atoms with Crippen molar-refractivity contribution in [2.45, 2.75) is 24.7 Å². The molecule has 0 aromatic heterocycles. The van der Waals surface area contributed by atoms with Gasteiger partial charge in [-0.1, -0.05) is 6.07 Å². The lowest BCUT2D eigenvalue weighted by Gasteiger charge is -2.26. The number of ether oxygens (including phenoxy) is 1. The molecule has 0 unspecified atom stereocenters. The summed E-state index contributed by atoms with van der Waals surface area (Å²) in [5, 5.41) is 0. The fourth-order valence-electron chi connectivity index (χ4n) is 2.58. The molecule has 1 aliphatic carbocycles.